The number of benzene rings is 2. The Bertz CT molecular complexity index is 840. The lowest BCUT2D eigenvalue weighted by Crippen LogP contribution is -2.22. The van der Waals surface area contributed by atoms with Crippen molar-refractivity contribution in [3.63, 3.8) is 0 Å². The average Bonchev–Trinajstić information content (AvgIpc) is 2.49. The van der Waals surface area contributed by atoms with E-state index in [1.165, 1.54) is 29.2 Å². The Labute approximate surface area is 125 Å². The van der Waals surface area contributed by atoms with Crippen LogP contribution in [0.2, 0.25) is 0 Å². The first kappa shape index (κ1) is 14.1. The van der Waals surface area contributed by atoms with E-state index in [0.29, 0.717) is 11.1 Å². The van der Waals surface area contributed by atoms with Gasteiger partial charge in [-0.3, -0.25) is 9.36 Å². The minimum Gasteiger partial charge on any atom is -0.294 e. The third-order valence-electron chi connectivity index (χ3n) is 3.26. The Morgan fingerprint density at radius 1 is 1.00 bits per heavy atom. The van der Waals surface area contributed by atoms with Crippen LogP contribution < -0.4 is 5.56 Å². The summed E-state index contributed by atoms with van der Waals surface area (Å²) < 4.78 is 27.8. The van der Waals surface area contributed by atoms with Crippen molar-refractivity contribution in [1.29, 1.82) is 0 Å². The number of hydrogen-bond donors (Lipinski definition) is 0. The second-order valence-electron chi connectivity index (χ2n) is 4.88. The summed E-state index contributed by atoms with van der Waals surface area (Å²) in [5, 5.41) is 0. The molecule has 0 aliphatic heterocycles. The van der Waals surface area contributed by atoms with Crippen LogP contribution in [0.5, 0.6) is 0 Å². The second kappa shape index (κ2) is 5.89. The van der Waals surface area contributed by atoms with E-state index in [0.717, 1.165) is 11.6 Å². The van der Waals surface area contributed by atoms with Crippen molar-refractivity contribution >= 4 is 0 Å². The first-order valence-corrected chi connectivity index (χ1v) is 6.68. The van der Waals surface area contributed by atoms with Crippen LogP contribution >= 0.6 is 0 Å². The second-order valence-corrected chi connectivity index (χ2v) is 4.88. The van der Waals surface area contributed by atoms with Crippen LogP contribution in [0.4, 0.5) is 8.78 Å². The Morgan fingerprint density at radius 3 is 2.36 bits per heavy atom. The summed E-state index contributed by atoms with van der Waals surface area (Å²) >= 11 is 0. The standard InChI is InChI=1S/C17H12F2N2O/c18-14-6-12(7-15(19)8-14)10-21-11-20-9-16(17(21)22)13-4-2-1-3-5-13/h1-9,11H,10H2. The molecule has 2 aromatic carbocycles. The lowest BCUT2D eigenvalue weighted by Gasteiger charge is -2.08. The van der Waals surface area contributed by atoms with Crippen molar-refractivity contribution in [1.82, 2.24) is 9.55 Å². The summed E-state index contributed by atoms with van der Waals surface area (Å²) in [6.07, 6.45) is 2.85. The summed E-state index contributed by atoms with van der Waals surface area (Å²) in [7, 11) is 0. The molecule has 0 fully saturated rings. The molecule has 0 saturated carbocycles. The first-order valence-electron chi connectivity index (χ1n) is 6.68. The summed E-state index contributed by atoms with van der Waals surface area (Å²) in [4.78, 5) is 16.5. The van der Waals surface area contributed by atoms with Gasteiger partial charge in [-0.2, -0.15) is 0 Å². The van der Waals surface area contributed by atoms with Crippen LogP contribution in [-0.4, -0.2) is 9.55 Å². The molecule has 22 heavy (non-hydrogen) atoms. The highest BCUT2D eigenvalue weighted by atomic mass is 19.1. The lowest BCUT2D eigenvalue weighted by molar-refractivity contribution is 0.576. The zero-order valence-corrected chi connectivity index (χ0v) is 11.5. The van der Waals surface area contributed by atoms with Crippen molar-refractivity contribution in [3.05, 3.63) is 88.6 Å². The zero-order valence-electron chi connectivity index (χ0n) is 11.5. The van der Waals surface area contributed by atoms with E-state index in [9.17, 15) is 13.6 Å². The quantitative estimate of drug-likeness (QED) is 0.744. The van der Waals surface area contributed by atoms with Gasteiger partial charge in [-0.05, 0) is 23.3 Å². The van der Waals surface area contributed by atoms with Crippen molar-refractivity contribution in [2.24, 2.45) is 0 Å². The molecule has 0 saturated heterocycles. The average molecular weight is 298 g/mol. The van der Waals surface area contributed by atoms with Gasteiger partial charge in [0, 0.05) is 12.3 Å². The Morgan fingerprint density at radius 2 is 1.68 bits per heavy atom. The van der Waals surface area contributed by atoms with Crippen LogP contribution in [0.1, 0.15) is 5.56 Å². The molecule has 110 valence electrons. The normalized spacial score (nSPS) is 10.6. The summed E-state index contributed by atoms with van der Waals surface area (Å²) in [6.45, 7) is 0.0567. The van der Waals surface area contributed by atoms with Gasteiger partial charge in [0.25, 0.3) is 5.56 Å². The topological polar surface area (TPSA) is 34.9 Å². The van der Waals surface area contributed by atoms with Gasteiger partial charge < -0.3 is 0 Å². The molecule has 0 N–H and O–H groups in total. The Hall–Kier alpha value is -2.82. The summed E-state index contributed by atoms with van der Waals surface area (Å²) in [5.41, 5.74) is 1.30. The van der Waals surface area contributed by atoms with E-state index in [4.69, 9.17) is 0 Å². The molecule has 0 bridgehead atoms. The molecule has 0 unspecified atom stereocenters. The van der Waals surface area contributed by atoms with Crippen LogP contribution in [0.15, 0.2) is 65.8 Å². The number of halogens is 2. The molecular formula is C17H12F2N2O. The molecule has 0 aliphatic rings. The van der Waals surface area contributed by atoms with E-state index in [1.54, 1.807) is 0 Å². The van der Waals surface area contributed by atoms with E-state index in [1.807, 2.05) is 30.3 Å². The number of aromatic nitrogens is 2. The van der Waals surface area contributed by atoms with Crippen molar-refractivity contribution in [3.8, 4) is 11.1 Å². The fraction of sp³-hybridized carbons (Fsp3) is 0.0588. The highest BCUT2D eigenvalue weighted by Gasteiger charge is 2.08. The Kier molecular flexibility index (Phi) is 3.78. The first-order chi connectivity index (χ1) is 10.6. The number of rotatable bonds is 3. The molecule has 3 aromatic rings. The maximum absolute atomic E-state index is 13.2. The van der Waals surface area contributed by atoms with E-state index >= 15 is 0 Å². The monoisotopic (exact) mass is 298 g/mol. The predicted octanol–water partition coefficient (Wildman–Crippen LogP) is 3.24. The molecule has 0 aliphatic carbocycles. The van der Waals surface area contributed by atoms with Gasteiger partial charge in [-0.25, -0.2) is 13.8 Å². The number of nitrogens with zero attached hydrogens (tertiary/aromatic N) is 2. The van der Waals surface area contributed by atoms with Gasteiger partial charge in [0.05, 0.1) is 18.4 Å². The molecule has 5 heteroatoms. The summed E-state index contributed by atoms with van der Waals surface area (Å²) in [5.74, 6) is -1.34. The molecule has 3 rings (SSSR count). The maximum atomic E-state index is 13.2. The molecule has 0 atom stereocenters. The van der Waals surface area contributed by atoms with Crippen molar-refractivity contribution in [2.75, 3.05) is 0 Å². The molecule has 1 aromatic heterocycles. The molecule has 3 nitrogen and oxygen atoms in total. The van der Waals surface area contributed by atoms with Crippen molar-refractivity contribution < 1.29 is 8.78 Å². The maximum Gasteiger partial charge on any atom is 0.261 e. The van der Waals surface area contributed by atoms with Crippen LogP contribution in [-0.2, 0) is 6.54 Å². The largest absolute Gasteiger partial charge is 0.294 e. The fourth-order valence-corrected chi connectivity index (χ4v) is 2.28. The summed E-state index contributed by atoms with van der Waals surface area (Å²) in [6, 6.07) is 12.3. The molecule has 0 amide bonds. The van der Waals surface area contributed by atoms with Gasteiger partial charge in [0.15, 0.2) is 0 Å². The molecular weight excluding hydrogens is 286 g/mol. The molecule has 1 heterocycles. The third-order valence-corrected chi connectivity index (χ3v) is 3.26. The van der Waals surface area contributed by atoms with Gasteiger partial charge in [-0.1, -0.05) is 30.3 Å². The van der Waals surface area contributed by atoms with Crippen LogP contribution in [0, 0.1) is 11.6 Å². The number of hydrogen-bond acceptors (Lipinski definition) is 2. The van der Waals surface area contributed by atoms with E-state index in [2.05, 4.69) is 4.98 Å². The SMILES string of the molecule is O=c1c(-c2ccccc2)cncn1Cc1cc(F)cc(F)c1. The van der Waals surface area contributed by atoms with Gasteiger partial charge in [0.1, 0.15) is 11.6 Å². The third kappa shape index (κ3) is 2.93. The highest BCUT2D eigenvalue weighted by molar-refractivity contribution is 5.60. The van der Waals surface area contributed by atoms with Gasteiger partial charge in [0.2, 0.25) is 0 Å². The minimum absolute atomic E-state index is 0.0567. The van der Waals surface area contributed by atoms with Gasteiger partial charge >= 0.3 is 0 Å². The minimum atomic E-state index is -0.671. The van der Waals surface area contributed by atoms with Crippen LogP contribution in [0.3, 0.4) is 0 Å². The zero-order chi connectivity index (χ0) is 15.5. The lowest BCUT2D eigenvalue weighted by atomic mass is 10.1. The van der Waals surface area contributed by atoms with E-state index in [-0.39, 0.29) is 12.1 Å². The molecule has 0 spiro atoms. The van der Waals surface area contributed by atoms with Crippen molar-refractivity contribution in [2.45, 2.75) is 6.54 Å². The van der Waals surface area contributed by atoms with Crippen LogP contribution in [0.25, 0.3) is 11.1 Å². The molecule has 0 radical (unpaired) electrons. The van der Waals surface area contributed by atoms with E-state index < -0.39 is 11.6 Å². The Balaban J connectivity index is 2.00. The highest BCUT2D eigenvalue weighted by Crippen LogP contribution is 2.14. The predicted molar refractivity (Wildman–Crippen MR) is 79.4 cm³/mol. The smallest absolute Gasteiger partial charge is 0.261 e. The van der Waals surface area contributed by atoms with Gasteiger partial charge in [-0.15, -0.1) is 0 Å². The fourth-order valence-electron chi connectivity index (χ4n) is 2.28.